The van der Waals surface area contributed by atoms with Gasteiger partial charge in [0.15, 0.2) is 6.10 Å². The zero-order valence-corrected chi connectivity index (χ0v) is 11.7. The monoisotopic (exact) mass is 294 g/mol. The molecule has 1 unspecified atom stereocenters. The molecule has 0 saturated heterocycles. The third-order valence-corrected chi connectivity index (χ3v) is 3.56. The minimum absolute atomic E-state index is 0.233. The molecule has 3 aromatic rings. The van der Waals surface area contributed by atoms with E-state index in [1.165, 1.54) is 0 Å². The van der Waals surface area contributed by atoms with Gasteiger partial charge in [0, 0.05) is 5.39 Å². The first kappa shape index (κ1) is 13.9. The zero-order chi connectivity index (χ0) is 15.5. The van der Waals surface area contributed by atoms with Crippen LogP contribution < -0.4 is 11.3 Å². The molecule has 1 aromatic heterocycles. The lowest BCUT2D eigenvalue weighted by atomic mass is 9.99. The summed E-state index contributed by atoms with van der Waals surface area (Å²) >= 11 is 0. The van der Waals surface area contributed by atoms with Crippen molar-refractivity contribution < 1.29 is 9.53 Å². The van der Waals surface area contributed by atoms with Crippen molar-refractivity contribution in [2.75, 3.05) is 5.73 Å². The maximum absolute atomic E-state index is 12.4. The number of rotatable bonds is 4. The van der Waals surface area contributed by atoms with Crippen LogP contribution in [0.1, 0.15) is 17.2 Å². The van der Waals surface area contributed by atoms with Crippen molar-refractivity contribution in [3.63, 3.8) is 0 Å². The van der Waals surface area contributed by atoms with E-state index in [0.717, 1.165) is 0 Å². The van der Waals surface area contributed by atoms with Crippen LogP contribution in [-0.2, 0) is 9.53 Å². The minimum atomic E-state index is -0.841. The number of carbonyl (C=O) groups excluding carboxylic acids is 1. The van der Waals surface area contributed by atoms with Crippen LogP contribution in [0.2, 0.25) is 0 Å². The second kappa shape index (κ2) is 5.73. The maximum Gasteiger partial charge on any atom is 0.294 e. The number of pyridine rings is 1. The number of fused-ring (bicyclic) bond motifs is 1. The predicted molar refractivity (Wildman–Crippen MR) is 84.4 cm³/mol. The quantitative estimate of drug-likeness (QED) is 0.723. The molecular formula is C17H14N2O3. The molecule has 5 nitrogen and oxygen atoms in total. The summed E-state index contributed by atoms with van der Waals surface area (Å²) in [5.74, 6) is 0. The molecule has 5 heteroatoms. The second-order valence-electron chi connectivity index (χ2n) is 4.85. The summed E-state index contributed by atoms with van der Waals surface area (Å²) < 4.78 is 5.14. The Bertz CT molecular complexity index is 872. The van der Waals surface area contributed by atoms with Gasteiger partial charge >= 0.3 is 0 Å². The van der Waals surface area contributed by atoms with Crippen LogP contribution in [0, 0.1) is 0 Å². The molecule has 1 heterocycles. The number of anilines is 1. The highest BCUT2D eigenvalue weighted by Crippen LogP contribution is 2.30. The fourth-order valence-corrected chi connectivity index (χ4v) is 2.54. The molecule has 1 atom stereocenters. The molecule has 0 amide bonds. The number of para-hydroxylation sites is 1. The number of nitrogen functional groups attached to an aromatic ring is 1. The Kier molecular flexibility index (Phi) is 3.62. The van der Waals surface area contributed by atoms with Gasteiger partial charge in [0.1, 0.15) is 0 Å². The summed E-state index contributed by atoms with van der Waals surface area (Å²) in [5.41, 5.74) is 7.68. The number of benzene rings is 2. The van der Waals surface area contributed by atoms with Crippen molar-refractivity contribution in [1.82, 2.24) is 4.98 Å². The average molecular weight is 294 g/mol. The summed E-state index contributed by atoms with van der Waals surface area (Å²) in [4.78, 5) is 26.1. The van der Waals surface area contributed by atoms with Gasteiger partial charge in [0.25, 0.3) is 12.0 Å². The Morgan fingerprint density at radius 2 is 1.73 bits per heavy atom. The highest BCUT2D eigenvalue weighted by atomic mass is 16.5. The molecule has 0 radical (unpaired) electrons. The van der Waals surface area contributed by atoms with E-state index in [4.69, 9.17) is 10.5 Å². The number of hydrogen-bond donors (Lipinski definition) is 2. The molecule has 0 aliphatic heterocycles. The van der Waals surface area contributed by atoms with Gasteiger partial charge < -0.3 is 15.5 Å². The summed E-state index contributed by atoms with van der Waals surface area (Å²) in [5, 5.41) is 0.715. The van der Waals surface area contributed by atoms with E-state index in [0.29, 0.717) is 28.6 Å². The molecule has 0 aliphatic rings. The van der Waals surface area contributed by atoms with Crippen molar-refractivity contribution in [2.45, 2.75) is 6.10 Å². The lowest BCUT2D eigenvalue weighted by molar-refractivity contribution is -0.132. The van der Waals surface area contributed by atoms with Gasteiger partial charge in [-0.15, -0.1) is 0 Å². The van der Waals surface area contributed by atoms with E-state index in [9.17, 15) is 9.59 Å². The Hall–Kier alpha value is -3.08. The molecular weight excluding hydrogens is 280 g/mol. The van der Waals surface area contributed by atoms with Gasteiger partial charge in [0.05, 0.1) is 16.8 Å². The zero-order valence-electron chi connectivity index (χ0n) is 11.7. The number of ether oxygens (including phenoxy) is 1. The van der Waals surface area contributed by atoms with Crippen molar-refractivity contribution in [3.05, 3.63) is 76.1 Å². The Morgan fingerprint density at radius 3 is 2.45 bits per heavy atom. The minimum Gasteiger partial charge on any atom is -0.454 e. The van der Waals surface area contributed by atoms with Crippen LogP contribution in [-0.4, -0.2) is 11.5 Å². The van der Waals surface area contributed by atoms with Crippen molar-refractivity contribution in [3.8, 4) is 0 Å². The fourth-order valence-electron chi connectivity index (χ4n) is 2.54. The lowest BCUT2D eigenvalue weighted by Crippen LogP contribution is -2.21. The van der Waals surface area contributed by atoms with Gasteiger partial charge in [0.2, 0.25) is 0 Å². The first-order chi connectivity index (χ1) is 10.7. The number of H-pyrrole nitrogens is 1. The highest BCUT2D eigenvalue weighted by molar-refractivity contribution is 5.91. The van der Waals surface area contributed by atoms with Crippen LogP contribution in [0.5, 0.6) is 0 Å². The number of nitrogens with one attached hydrogen (secondary N) is 1. The first-order valence-electron chi connectivity index (χ1n) is 6.77. The number of aromatic nitrogens is 1. The Labute approximate surface area is 126 Å². The summed E-state index contributed by atoms with van der Waals surface area (Å²) in [6.45, 7) is 0.325. The Morgan fingerprint density at radius 1 is 1.05 bits per heavy atom. The molecule has 0 aliphatic carbocycles. The summed E-state index contributed by atoms with van der Waals surface area (Å²) in [7, 11) is 0. The number of aromatic amines is 1. The van der Waals surface area contributed by atoms with Gasteiger partial charge in [-0.2, -0.15) is 0 Å². The third kappa shape index (κ3) is 2.33. The third-order valence-electron chi connectivity index (χ3n) is 3.56. The van der Waals surface area contributed by atoms with Gasteiger partial charge in [-0.3, -0.25) is 9.59 Å². The molecule has 0 fully saturated rings. The predicted octanol–water partition coefficient (Wildman–Crippen LogP) is 2.37. The van der Waals surface area contributed by atoms with E-state index in [1.807, 2.05) is 36.4 Å². The number of carbonyl (C=O) groups is 1. The largest absolute Gasteiger partial charge is 0.454 e. The smallest absolute Gasteiger partial charge is 0.294 e. The summed E-state index contributed by atoms with van der Waals surface area (Å²) in [6, 6.07) is 16.2. The number of hydrogen-bond acceptors (Lipinski definition) is 4. The first-order valence-corrected chi connectivity index (χ1v) is 6.77. The molecule has 3 rings (SSSR count). The molecule has 22 heavy (non-hydrogen) atoms. The van der Waals surface area contributed by atoms with Crippen molar-refractivity contribution in [1.29, 1.82) is 0 Å². The molecule has 3 N–H and O–H groups in total. The number of nitrogens with two attached hydrogens (primary N) is 1. The lowest BCUT2D eigenvalue weighted by Gasteiger charge is -2.18. The van der Waals surface area contributed by atoms with Crippen LogP contribution in [0.4, 0.5) is 5.69 Å². The second-order valence-corrected chi connectivity index (χ2v) is 4.85. The van der Waals surface area contributed by atoms with Crippen LogP contribution in [0.3, 0.4) is 0 Å². The van der Waals surface area contributed by atoms with E-state index in [2.05, 4.69) is 4.98 Å². The topological polar surface area (TPSA) is 85.2 Å². The van der Waals surface area contributed by atoms with Crippen LogP contribution in [0.25, 0.3) is 10.9 Å². The van der Waals surface area contributed by atoms with E-state index in [1.54, 1.807) is 18.2 Å². The SMILES string of the molecule is Nc1c(C(OC=O)c2ccccc2)c(=O)[nH]c2ccccc12. The molecule has 0 bridgehead atoms. The average Bonchev–Trinajstić information content (AvgIpc) is 2.55. The summed E-state index contributed by atoms with van der Waals surface area (Å²) in [6.07, 6.45) is -0.841. The standard InChI is InChI=1S/C17H14N2O3/c18-15-12-8-4-5-9-13(12)19-17(21)14(15)16(22-10-20)11-6-2-1-3-7-11/h1-10,16H,(H3,18,19,21). The maximum atomic E-state index is 12.4. The van der Waals surface area contributed by atoms with Crippen molar-refractivity contribution >= 4 is 23.1 Å². The fraction of sp³-hybridized carbons (Fsp3) is 0.0588. The van der Waals surface area contributed by atoms with Crippen molar-refractivity contribution in [2.24, 2.45) is 0 Å². The molecule has 110 valence electrons. The molecule has 0 spiro atoms. The highest BCUT2D eigenvalue weighted by Gasteiger charge is 2.23. The van der Waals surface area contributed by atoms with Gasteiger partial charge in [-0.05, 0) is 11.6 Å². The van der Waals surface area contributed by atoms with E-state index < -0.39 is 6.10 Å². The van der Waals surface area contributed by atoms with Crippen LogP contribution >= 0.6 is 0 Å². The molecule has 0 saturated carbocycles. The van der Waals surface area contributed by atoms with E-state index in [-0.39, 0.29) is 11.1 Å². The van der Waals surface area contributed by atoms with Gasteiger partial charge in [-0.25, -0.2) is 0 Å². The van der Waals surface area contributed by atoms with Crippen LogP contribution in [0.15, 0.2) is 59.4 Å². The Balaban J connectivity index is 2.26. The van der Waals surface area contributed by atoms with E-state index >= 15 is 0 Å². The van der Waals surface area contributed by atoms with Gasteiger partial charge in [-0.1, -0.05) is 48.5 Å². The molecule has 2 aromatic carbocycles. The normalized spacial score (nSPS) is 12.0.